The first-order valence-corrected chi connectivity index (χ1v) is 13.8. The van der Waals surface area contributed by atoms with Crippen molar-refractivity contribution in [1.29, 1.82) is 0 Å². The summed E-state index contributed by atoms with van der Waals surface area (Å²) < 4.78 is 33.6. The number of halogens is 3. The van der Waals surface area contributed by atoms with Gasteiger partial charge in [0.1, 0.15) is 12.6 Å². The Kier molecular flexibility index (Phi) is 9.69. The van der Waals surface area contributed by atoms with Crippen molar-refractivity contribution >= 4 is 52.0 Å². The second kappa shape index (κ2) is 13.0. The number of ether oxygens (including phenoxy) is 1. The number of hydrogen-bond acceptors (Lipinski definition) is 6. The van der Waals surface area contributed by atoms with Crippen molar-refractivity contribution in [2.24, 2.45) is 5.92 Å². The van der Waals surface area contributed by atoms with Crippen LogP contribution >= 0.6 is 22.9 Å². The summed E-state index contributed by atoms with van der Waals surface area (Å²) in [6.07, 6.45) is 0.480. The molecule has 8 nitrogen and oxygen atoms in total. The number of hydrogen-bond donors (Lipinski definition) is 2. The first kappa shape index (κ1) is 28.4. The van der Waals surface area contributed by atoms with Crippen LogP contribution in [0.2, 0.25) is 4.34 Å². The lowest BCUT2D eigenvalue weighted by Gasteiger charge is -2.36. The van der Waals surface area contributed by atoms with E-state index in [0.717, 1.165) is 30.6 Å². The van der Waals surface area contributed by atoms with Crippen molar-refractivity contribution in [3.8, 4) is 0 Å². The van der Waals surface area contributed by atoms with Crippen LogP contribution in [0.3, 0.4) is 0 Å². The van der Waals surface area contributed by atoms with Gasteiger partial charge in [-0.25, -0.2) is 8.78 Å². The fraction of sp³-hybridized carbons (Fsp3) is 0.500. The summed E-state index contributed by atoms with van der Waals surface area (Å²) in [5, 5.41) is 5.58. The average molecular weight is 569 g/mol. The number of carbonyl (C=O) groups is 3. The molecule has 3 amide bonds. The minimum atomic E-state index is -2.85. The molecule has 2 heterocycles. The van der Waals surface area contributed by atoms with Crippen LogP contribution in [0.15, 0.2) is 30.3 Å². The van der Waals surface area contributed by atoms with Crippen LogP contribution in [-0.4, -0.2) is 68.1 Å². The fourth-order valence-electron chi connectivity index (χ4n) is 4.64. The molecule has 0 radical (unpaired) electrons. The van der Waals surface area contributed by atoms with E-state index >= 15 is 0 Å². The van der Waals surface area contributed by atoms with Crippen molar-refractivity contribution in [1.82, 2.24) is 10.2 Å². The van der Waals surface area contributed by atoms with Crippen LogP contribution in [0.1, 0.15) is 47.8 Å². The van der Waals surface area contributed by atoms with Crippen LogP contribution in [0.4, 0.5) is 20.2 Å². The van der Waals surface area contributed by atoms with Gasteiger partial charge in [0.15, 0.2) is 0 Å². The van der Waals surface area contributed by atoms with E-state index in [0.29, 0.717) is 28.2 Å². The Morgan fingerprint density at radius 2 is 2.05 bits per heavy atom. The third-order valence-corrected chi connectivity index (χ3v) is 8.16. The summed E-state index contributed by atoms with van der Waals surface area (Å²) in [7, 11) is 0. The minimum absolute atomic E-state index is 0.0445. The third kappa shape index (κ3) is 6.88. The Labute approximate surface area is 229 Å². The first-order valence-electron chi connectivity index (χ1n) is 12.7. The predicted octanol–water partition coefficient (Wildman–Crippen LogP) is 4.56. The van der Waals surface area contributed by atoms with E-state index in [9.17, 15) is 23.2 Å². The lowest BCUT2D eigenvalue weighted by molar-refractivity contribution is -0.125. The molecule has 2 N–H and O–H groups in total. The standard InChI is InChI=1S/C26H31ClF2N4O4S/c1-2-32(14-16-4-3-5-16)20(13-30-26(36)21-8-9-22(27)38-21)25(35)31-17-6-7-19(18(12-17)24(28)29)33-10-11-37-15-23(33)34/h6-9,12,16,20,24H,2-5,10-11,13-15H2,1H3,(H,30,36)(H,31,35)/t20-/m0/s1. The molecular formula is C26H31ClF2N4O4S. The van der Waals surface area contributed by atoms with Gasteiger partial charge in [0.05, 0.1) is 21.5 Å². The number of alkyl halides is 2. The van der Waals surface area contributed by atoms with Crippen molar-refractivity contribution in [3.63, 3.8) is 0 Å². The lowest BCUT2D eigenvalue weighted by atomic mass is 9.85. The Morgan fingerprint density at radius 1 is 1.26 bits per heavy atom. The van der Waals surface area contributed by atoms with Gasteiger partial charge in [-0.2, -0.15) is 0 Å². The average Bonchev–Trinajstić information content (AvgIpc) is 3.31. The van der Waals surface area contributed by atoms with Gasteiger partial charge in [0.2, 0.25) is 5.91 Å². The van der Waals surface area contributed by atoms with Crippen molar-refractivity contribution in [3.05, 3.63) is 45.1 Å². The summed E-state index contributed by atoms with van der Waals surface area (Å²) in [6, 6.07) is 6.67. The molecule has 2 aliphatic rings. The van der Waals surface area contributed by atoms with Crippen LogP contribution < -0.4 is 15.5 Å². The monoisotopic (exact) mass is 568 g/mol. The molecule has 1 aliphatic carbocycles. The first-order chi connectivity index (χ1) is 18.3. The van der Waals surface area contributed by atoms with Gasteiger partial charge < -0.3 is 20.3 Å². The molecule has 2 aromatic rings. The number of likely N-dealkylation sites (N-methyl/N-ethyl adjacent to an activating group) is 1. The van der Waals surface area contributed by atoms with E-state index in [1.807, 2.05) is 11.8 Å². The lowest BCUT2D eigenvalue weighted by Crippen LogP contribution is -2.52. The maximum Gasteiger partial charge on any atom is 0.265 e. The quantitative estimate of drug-likeness (QED) is 0.415. The number of morpholine rings is 1. The number of benzene rings is 1. The van der Waals surface area contributed by atoms with Crippen molar-refractivity contribution in [2.45, 2.75) is 38.7 Å². The van der Waals surface area contributed by atoms with E-state index in [2.05, 4.69) is 10.6 Å². The molecule has 1 aliphatic heterocycles. The number of nitrogens with one attached hydrogen (secondary N) is 2. The number of rotatable bonds is 11. The highest BCUT2D eigenvalue weighted by atomic mass is 35.5. The van der Waals surface area contributed by atoms with Gasteiger partial charge in [-0.3, -0.25) is 19.3 Å². The number of thiophene rings is 1. The Bertz CT molecular complexity index is 1160. The molecule has 1 aromatic carbocycles. The largest absolute Gasteiger partial charge is 0.370 e. The zero-order valence-corrected chi connectivity index (χ0v) is 22.6. The van der Waals surface area contributed by atoms with Gasteiger partial charge >= 0.3 is 0 Å². The van der Waals surface area contributed by atoms with E-state index in [1.165, 1.54) is 23.1 Å². The predicted molar refractivity (Wildman–Crippen MR) is 143 cm³/mol. The highest BCUT2D eigenvalue weighted by molar-refractivity contribution is 7.18. The smallest absolute Gasteiger partial charge is 0.265 e. The van der Waals surface area contributed by atoms with Gasteiger partial charge in [-0.1, -0.05) is 24.9 Å². The molecule has 206 valence electrons. The molecule has 0 spiro atoms. The third-order valence-electron chi connectivity index (χ3n) is 6.93. The van der Waals surface area contributed by atoms with Crippen LogP contribution in [0, 0.1) is 5.92 Å². The Balaban J connectivity index is 1.52. The normalized spacial score (nSPS) is 17.0. The summed E-state index contributed by atoms with van der Waals surface area (Å²) in [4.78, 5) is 42.1. The minimum Gasteiger partial charge on any atom is -0.370 e. The fourth-order valence-corrected chi connectivity index (χ4v) is 5.59. The molecular weight excluding hydrogens is 538 g/mol. The maximum atomic E-state index is 14.0. The summed E-state index contributed by atoms with van der Waals surface area (Å²) >= 11 is 7.09. The summed E-state index contributed by atoms with van der Waals surface area (Å²) in [6.45, 7) is 3.54. The number of carbonyl (C=O) groups excluding carboxylic acids is 3. The van der Waals surface area contributed by atoms with E-state index in [1.54, 1.807) is 12.1 Å². The van der Waals surface area contributed by atoms with E-state index < -0.39 is 24.3 Å². The van der Waals surface area contributed by atoms with Crippen molar-refractivity contribution in [2.75, 3.05) is 49.6 Å². The van der Waals surface area contributed by atoms with Crippen LogP contribution in [0.25, 0.3) is 0 Å². The van der Waals surface area contributed by atoms with Crippen LogP contribution in [0.5, 0.6) is 0 Å². The van der Waals surface area contributed by atoms with Gasteiger partial charge in [-0.15, -0.1) is 11.3 Å². The molecule has 38 heavy (non-hydrogen) atoms. The highest BCUT2D eigenvalue weighted by Crippen LogP contribution is 2.33. The zero-order valence-electron chi connectivity index (χ0n) is 21.1. The molecule has 0 bridgehead atoms. The van der Waals surface area contributed by atoms with Gasteiger partial charge in [-0.05, 0) is 55.6 Å². The maximum absolute atomic E-state index is 14.0. The second-order valence-corrected chi connectivity index (χ2v) is 11.1. The molecule has 4 rings (SSSR count). The highest BCUT2D eigenvalue weighted by Gasteiger charge is 2.31. The van der Waals surface area contributed by atoms with Crippen molar-refractivity contribution < 1.29 is 27.9 Å². The Morgan fingerprint density at radius 3 is 2.66 bits per heavy atom. The number of anilines is 2. The SMILES string of the molecule is CCN(CC1CCC1)[C@@H](CNC(=O)c1ccc(Cl)s1)C(=O)Nc1ccc(N2CCOCC2=O)c(C(F)F)c1. The molecule has 1 saturated heterocycles. The number of nitrogens with zero attached hydrogens (tertiary/aromatic N) is 2. The van der Waals surface area contributed by atoms with Gasteiger partial charge in [0.25, 0.3) is 18.2 Å². The molecule has 1 aromatic heterocycles. The topological polar surface area (TPSA) is 91.0 Å². The summed E-state index contributed by atoms with van der Waals surface area (Å²) in [5.74, 6) is -0.662. The second-order valence-electron chi connectivity index (χ2n) is 9.38. The van der Waals surface area contributed by atoms with E-state index in [4.69, 9.17) is 16.3 Å². The molecule has 1 atom stereocenters. The van der Waals surface area contributed by atoms with Gasteiger partial charge in [0, 0.05) is 30.9 Å². The van der Waals surface area contributed by atoms with E-state index in [-0.39, 0.29) is 49.1 Å². The molecule has 2 fully saturated rings. The molecule has 0 unspecified atom stereocenters. The Hall–Kier alpha value is -2.60. The number of amides is 3. The zero-order chi connectivity index (χ0) is 27.2. The molecule has 12 heteroatoms. The summed E-state index contributed by atoms with van der Waals surface area (Å²) in [5.41, 5.74) is -0.0556. The molecule has 1 saturated carbocycles. The van der Waals surface area contributed by atoms with Crippen LogP contribution in [-0.2, 0) is 14.3 Å².